The van der Waals surface area contributed by atoms with E-state index in [1.165, 1.54) is 25.6 Å². The van der Waals surface area contributed by atoms with Crippen LogP contribution in [-0.4, -0.2) is 73.9 Å². The number of piperidine rings is 3. The number of rotatable bonds is 3. The smallest absolute Gasteiger partial charge is 0.256 e. The zero-order valence-corrected chi connectivity index (χ0v) is 16.0. The predicted molar refractivity (Wildman–Crippen MR) is 104 cm³/mol. The number of nitrogens with zero attached hydrogens (tertiary/aromatic N) is 5. The van der Waals surface area contributed by atoms with Gasteiger partial charge < -0.3 is 10.0 Å². The maximum absolute atomic E-state index is 13.5. The van der Waals surface area contributed by atoms with Gasteiger partial charge in [0.2, 0.25) is 0 Å². The van der Waals surface area contributed by atoms with Crippen LogP contribution in [0, 0.1) is 11.8 Å². The summed E-state index contributed by atoms with van der Waals surface area (Å²) in [5.74, 6) is 0.909. The fourth-order valence-electron chi connectivity index (χ4n) is 5.68. The molecule has 3 fully saturated rings. The van der Waals surface area contributed by atoms with Crippen LogP contribution in [0.5, 0.6) is 0 Å². The normalized spacial score (nSPS) is 30.1. The van der Waals surface area contributed by atoms with Crippen molar-refractivity contribution in [1.29, 1.82) is 0 Å². The lowest BCUT2D eigenvalue weighted by atomic mass is 9.72. The van der Waals surface area contributed by atoms with E-state index in [0.717, 1.165) is 31.7 Å². The highest BCUT2D eigenvalue weighted by atomic mass is 16.3. The van der Waals surface area contributed by atoms with Gasteiger partial charge in [-0.3, -0.25) is 9.69 Å². The lowest BCUT2D eigenvalue weighted by Crippen LogP contribution is -2.65. The summed E-state index contributed by atoms with van der Waals surface area (Å²) >= 11 is 0. The number of likely N-dealkylation sites (tertiary alicyclic amines) is 1. The molecular weight excluding hydrogens is 354 g/mol. The molecular formula is C21H27N5O2. The van der Waals surface area contributed by atoms with Crippen LogP contribution >= 0.6 is 0 Å². The standard InChI is InChI=1S/C21H27N5O2/c27-12-20-16-9-15(18-6-3-4-8-25(18)20)10-24(11-16)21(28)17-5-1-2-7-19(17)26-14-22-13-23-26/h1-2,5,7,13-16,18,20,27H,3-4,6,8-12H2/t15-,16+,18+,20+/m1/s1. The van der Waals surface area contributed by atoms with Gasteiger partial charge >= 0.3 is 0 Å². The number of hydrogen-bond acceptors (Lipinski definition) is 5. The second-order valence-electron chi connectivity index (χ2n) is 8.37. The summed E-state index contributed by atoms with van der Waals surface area (Å²) in [6.07, 6.45) is 7.89. The fraction of sp³-hybridized carbons (Fsp3) is 0.571. The number of aliphatic hydroxyl groups is 1. The molecule has 4 heterocycles. The van der Waals surface area contributed by atoms with Crippen LogP contribution in [0.15, 0.2) is 36.9 Å². The number of amides is 1. The first-order valence-electron chi connectivity index (χ1n) is 10.4. The van der Waals surface area contributed by atoms with E-state index in [4.69, 9.17) is 0 Å². The van der Waals surface area contributed by atoms with Gasteiger partial charge in [0, 0.05) is 25.2 Å². The van der Waals surface area contributed by atoms with Gasteiger partial charge in [0.15, 0.2) is 0 Å². The third-order valence-corrected chi connectivity index (χ3v) is 6.90. The zero-order chi connectivity index (χ0) is 19.1. The number of carbonyl (C=O) groups is 1. The van der Waals surface area contributed by atoms with Crippen LogP contribution in [0.3, 0.4) is 0 Å². The van der Waals surface area contributed by atoms with Crippen LogP contribution in [0.4, 0.5) is 0 Å². The first kappa shape index (κ1) is 17.8. The first-order valence-corrected chi connectivity index (χ1v) is 10.4. The molecule has 5 rings (SSSR count). The summed E-state index contributed by atoms with van der Waals surface area (Å²) < 4.78 is 1.65. The lowest BCUT2D eigenvalue weighted by Gasteiger charge is -2.56. The van der Waals surface area contributed by atoms with Crippen molar-refractivity contribution in [2.75, 3.05) is 26.2 Å². The average Bonchev–Trinajstić information content (AvgIpc) is 3.28. The largest absolute Gasteiger partial charge is 0.395 e. The number of carbonyl (C=O) groups excluding carboxylic acids is 1. The summed E-state index contributed by atoms with van der Waals surface area (Å²) in [4.78, 5) is 22.1. The Balaban J connectivity index is 1.43. The number of para-hydroxylation sites is 1. The summed E-state index contributed by atoms with van der Waals surface area (Å²) in [5.41, 5.74) is 1.42. The molecule has 0 radical (unpaired) electrons. The third-order valence-electron chi connectivity index (χ3n) is 6.90. The molecule has 0 aliphatic carbocycles. The minimum Gasteiger partial charge on any atom is -0.395 e. The van der Waals surface area contributed by atoms with E-state index < -0.39 is 0 Å². The van der Waals surface area contributed by atoms with Gasteiger partial charge in [-0.15, -0.1) is 0 Å². The zero-order valence-electron chi connectivity index (χ0n) is 16.0. The Hall–Kier alpha value is -2.25. The highest BCUT2D eigenvalue weighted by Crippen LogP contribution is 2.41. The van der Waals surface area contributed by atoms with Crippen molar-refractivity contribution in [2.24, 2.45) is 11.8 Å². The highest BCUT2D eigenvalue weighted by molar-refractivity contribution is 5.97. The summed E-state index contributed by atoms with van der Waals surface area (Å²) in [7, 11) is 0. The molecule has 148 valence electrons. The van der Waals surface area contributed by atoms with Crippen LogP contribution in [0.25, 0.3) is 5.69 Å². The van der Waals surface area contributed by atoms with Gasteiger partial charge in [-0.25, -0.2) is 9.67 Å². The van der Waals surface area contributed by atoms with Crippen molar-refractivity contribution < 1.29 is 9.90 Å². The number of benzene rings is 1. The van der Waals surface area contributed by atoms with Crippen molar-refractivity contribution >= 4 is 5.91 Å². The Morgan fingerprint density at radius 1 is 1.18 bits per heavy atom. The Morgan fingerprint density at radius 2 is 2.04 bits per heavy atom. The molecule has 1 aromatic heterocycles. The third kappa shape index (κ3) is 2.93. The molecule has 0 saturated carbocycles. The topological polar surface area (TPSA) is 74.5 Å². The molecule has 7 nitrogen and oxygen atoms in total. The molecule has 1 amide bonds. The summed E-state index contributed by atoms with van der Waals surface area (Å²) in [5, 5.41) is 14.3. The van der Waals surface area contributed by atoms with E-state index in [2.05, 4.69) is 15.0 Å². The molecule has 3 saturated heterocycles. The number of hydrogen-bond donors (Lipinski definition) is 1. The van der Waals surface area contributed by atoms with E-state index in [0.29, 0.717) is 23.4 Å². The average molecular weight is 381 g/mol. The molecule has 1 aromatic carbocycles. The minimum absolute atomic E-state index is 0.0572. The Labute approximate surface area is 165 Å². The lowest BCUT2D eigenvalue weighted by molar-refractivity contribution is -0.0795. The van der Waals surface area contributed by atoms with Gasteiger partial charge in [0.25, 0.3) is 5.91 Å². The van der Waals surface area contributed by atoms with Crippen molar-refractivity contribution in [3.8, 4) is 5.69 Å². The second kappa shape index (κ2) is 7.29. The van der Waals surface area contributed by atoms with Gasteiger partial charge in [-0.2, -0.15) is 5.10 Å². The van der Waals surface area contributed by atoms with Crippen LogP contribution in [0.1, 0.15) is 36.0 Å². The van der Waals surface area contributed by atoms with E-state index in [-0.39, 0.29) is 18.6 Å². The van der Waals surface area contributed by atoms with Gasteiger partial charge in [-0.05, 0) is 49.8 Å². The maximum Gasteiger partial charge on any atom is 0.256 e. The molecule has 1 N–H and O–H groups in total. The Morgan fingerprint density at radius 3 is 2.86 bits per heavy atom. The summed E-state index contributed by atoms with van der Waals surface area (Å²) in [6, 6.07) is 8.29. The quantitative estimate of drug-likeness (QED) is 0.874. The Bertz CT molecular complexity index is 825. The molecule has 7 heteroatoms. The van der Waals surface area contributed by atoms with Crippen molar-refractivity contribution in [3.05, 3.63) is 42.5 Å². The van der Waals surface area contributed by atoms with Crippen LogP contribution in [0.2, 0.25) is 0 Å². The van der Waals surface area contributed by atoms with E-state index >= 15 is 0 Å². The number of aromatic nitrogens is 3. The monoisotopic (exact) mass is 381 g/mol. The van der Waals surface area contributed by atoms with Crippen molar-refractivity contribution in [3.63, 3.8) is 0 Å². The predicted octanol–water partition coefficient (Wildman–Crippen LogP) is 1.57. The van der Waals surface area contributed by atoms with E-state index in [9.17, 15) is 9.90 Å². The Kier molecular flexibility index (Phi) is 4.64. The van der Waals surface area contributed by atoms with Crippen molar-refractivity contribution in [2.45, 2.75) is 37.8 Å². The van der Waals surface area contributed by atoms with Gasteiger partial charge in [0.1, 0.15) is 12.7 Å². The van der Waals surface area contributed by atoms with Crippen LogP contribution in [-0.2, 0) is 0 Å². The second-order valence-corrected chi connectivity index (χ2v) is 8.37. The van der Waals surface area contributed by atoms with Gasteiger partial charge in [0.05, 0.1) is 17.9 Å². The van der Waals surface area contributed by atoms with Crippen LogP contribution < -0.4 is 0 Å². The number of fused-ring (bicyclic) bond motifs is 4. The molecule has 0 spiro atoms. The van der Waals surface area contributed by atoms with E-state index in [1.807, 2.05) is 29.2 Å². The molecule has 2 aromatic rings. The maximum atomic E-state index is 13.5. The van der Waals surface area contributed by atoms with Gasteiger partial charge in [-0.1, -0.05) is 18.6 Å². The molecule has 4 atom stereocenters. The molecule has 0 unspecified atom stereocenters. The fourth-order valence-corrected chi connectivity index (χ4v) is 5.68. The summed E-state index contributed by atoms with van der Waals surface area (Å²) in [6.45, 7) is 2.80. The van der Waals surface area contributed by atoms with E-state index in [1.54, 1.807) is 11.0 Å². The minimum atomic E-state index is 0.0572. The molecule has 28 heavy (non-hydrogen) atoms. The number of aliphatic hydroxyl groups excluding tert-OH is 1. The highest BCUT2D eigenvalue weighted by Gasteiger charge is 2.47. The molecule has 3 aliphatic heterocycles. The van der Waals surface area contributed by atoms with Crippen molar-refractivity contribution in [1.82, 2.24) is 24.6 Å². The first-order chi connectivity index (χ1) is 13.8. The SMILES string of the molecule is O=C(c1ccccc1-n1cncn1)N1C[C@H]2C[C@@H](C1)[C@H](CO)N1CCCC[C@@H]21. The molecule has 2 bridgehead atoms. The molecule has 3 aliphatic rings.